The second kappa shape index (κ2) is 14.4. The van der Waals surface area contributed by atoms with Crippen molar-refractivity contribution in [2.75, 3.05) is 7.11 Å². The number of esters is 1. The minimum absolute atomic E-state index is 0.0787. The number of hydrogen-bond donors (Lipinski definition) is 5. The molecule has 0 unspecified atom stereocenters. The number of phenolic OH excluding ortho intramolecular Hbond substituents is 4. The highest BCUT2D eigenvalue weighted by Crippen LogP contribution is 2.38. The summed E-state index contributed by atoms with van der Waals surface area (Å²) < 4.78 is 5.44. The zero-order chi connectivity index (χ0) is 37.6. The van der Waals surface area contributed by atoms with Gasteiger partial charge < -0.3 is 30.1 Å². The summed E-state index contributed by atoms with van der Waals surface area (Å²) in [7, 11) is 1.38. The molecule has 0 amide bonds. The van der Waals surface area contributed by atoms with Gasteiger partial charge >= 0.3 is 5.97 Å². The molecular weight excluding hydrogens is 665 g/mol. The summed E-state index contributed by atoms with van der Waals surface area (Å²) in [4.78, 5) is 19.1. The van der Waals surface area contributed by atoms with Crippen LogP contribution in [-0.4, -0.2) is 49.4 Å². The molecule has 1 aliphatic rings. The maximum atomic E-state index is 13.8. The first-order chi connectivity index (χ1) is 25.4. The fourth-order valence-electron chi connectivity index (χ4n) is 8.12. The van der Waals surface area contributed by atoms with Crippen LogP contribution in [0.15, 0.2) is 79.0 Å². The van der Waals surface area contributed by atoms with E-state index in [1.54, 1.807) is 0 Å². The van der Waals surface area contributed by atoms with Gasteiger partial charge in [-0.1, -0.05) is 89.0 Å². The van der Waals surface area contributed by atoms with E-state index < -0.39 is 12.0 Å². The Morgan fingerprint density at radius 2 is 1.02 bits per heavy atom. The van der Waals surface area contributed by atoms with Gasteiger partial charge in [-0.2, -0.15) is 0 Å². The van der Waals surface area contributed by atoms with Crippen LogP contribution in [0.25, 0.3) is 10.9 Å². The molecule has 1 aliphatic heterocycles. The molecule has 0 fully saturated rings. The first-order valence-electron chi connectivity index (χ1n) is 18.0. The van der Waals surface area contributed by atoms with Crippen molar-refractivity contribution in [1.29, 1.82) is 0 Å². The number of carbonyl (C=O) groups is 1. The molecule has 272 valence electrons. The Kier molecular flexibility index (Phi) is 9.66. The Bertz CT molecular complexity index is 2260. The smallest absolute Gasteiger partial charge is 0.323 e. The van der Waals surface area contributed by atoms with E-state index >= 15 is 0 Å². The summed E-state index contributed by atoms with van der Waals surface area (Å²) in [5, 5.41) is 48.2. The van der Waals surface area contributed by atoms with Crippen molar-refractivity contribution >= 4 is 16.9 Å². The summed E-state index contributed by atoms with van der Waals surface area (Å²) in [5.74, 6) is -0.0426. The van der Waals surface area contributed by atoms with Gasteiger partial charge in [0.15, 0.2) is 0 Å². The number of nitrogens with zero attached hydrogens (tertiary/aromatic N) is 1. The monoisotopic (exact) mass is 710 g/mol. The van der Waals surface area contributed by atoms with Crippen molar-refractivity contribution in [3.63, 3.8) is 0 Å². The van der Waals surface area contributed by atoms with Gasteiger partial charge in [0.2, 0.25) is 0 Å². The summed E-state index contributed by atoms with van der Waals surface area (Å²) >= 11 is 0. The number of benzene rings is 5. The van der Waals surface area contributed by atoms with Crippen LogP contribution in [0.4, 0.5) is 0 Å². The highest BCUT2D eigenvalue weighted by atomic mass is 16.5. The van der Waals surface area contributed by atoms with Crippen LogP contribution in [0.2, 0.25) is 0 Å². The van der Waals surface area contributed by atoms with Gasteiger partial charge in [-0.15, -0.1) is 0 Å². The Labute approximate surface area is 310 Å². The lowest BCUT2D eigenvalue weighted by molar-refractivity contribution is -0.147. The van der Waals surface area contributed by atoms with E-state index in [1.807, 2.05) is 112 Å². The lowest BCUT2D eigenvalue weighted by Crippen LogP contribution is -2.42. The summed E-state index contributed by atoms with van der Waals surface area (Å²) in [6.07, 6.45) is 3.07. The molecule has 1 aromatic heterocycles. The number of nitrogens with one attached hydrogen (secondary N) is 1. The van der Waals surface area contributed by atoms with Crippen molar-refractivity contribution in [1.82, 2.24) is 9.88 Å². The molecule has 5 aromatic carbocycles. The van der Waals surface area contributed by atoms with Crippen LogP contribution in [-0.2, 0) is 48.3 Å². The largest absolute Gasteiger partial charge is 0.507 e. The number of carbonyl (C=O) groups excluding carboxylic acids is 1. The molecule has 0 saturated heterocycles. The molecule has 5 N–H and O–H groups in total. The molecule has 53 heavy (non-hydrogen) atoms. The van der Waals surface area contributed by atoms with Crippen LogP contribution in [0, 0.1) is 27.7 Å². The number of aryl methyl sites for hydroxylation is 4. The summed E-state index contributed by atoms with van der Waals surface area (Å²) in [6.45, 7) is 8.20. The summed E-state index contributed by atoms with van der Waals surface area (Å²) in [5.41, 5.74) is 10.8. The second-order valence-electron chi connectivity index (χ2n) is 14.8. The van der Waals surface area contributed by atoms with Gasteiger partial charge in [-0.3, -0.25) is 9.69 Å². The number of phenols is 4. The van der Waals surface area contributed by atoms with Gasteiger partial charge in [0.25, 0.3) is 0 Å². The predicted octanol–water partition coefficient (Wildman–Crippen LogP) is 8.10. The van der Waals surface area contributed by atoms with Crippen LogP contribution in [0.5, 0.6) is 23.0 Å². The van der Waals surface area contributed by atoms with Crippen molar-refractivity contribution in [2.24, 2.45) is 0 Å². The van der Waals surface area contributed by atoms with Gasteiger partial charge in [-0.05, 0) is 72.7 Å². The fourth-order valence-corrected chi connectivity index (χ4v) is 8.12. The number of H-pyrrole nitrogens is 1. The Hall–Kier alpha value is -5.73. The van der Waals surface area contributed by atoms with Gasteiger partial charge in [0.1, 0.15) is 29.0 Å². The number of fused-ring (bicyclic) bond motifs is 9. The zero-order valence-electron chi connectivity index (χ0n) is 30.9. The molecule has 8 heteroatoms. The van der Waals surface area contributed by atoms with E-state index in [-0.39, 0.29) is 48.9 Å². The van der Waals surface area contributed by atoms with Crippen LogP contribution < -0.4 is 0 Å². The number of aromatic amines is 1. The Morgan fingerprint density at radius 3 is 1.43 bits per heavy atom. The number of methoxy groups -OCH3 is 1. The SMILES string of the molecule is COC(=O)[C@H](Cc1c[nH]c2ccccc12)N1Cc2cc(C)cc(c2O)Cc2cc(C)cc(c2O)Cc2cc(C)cc(c2O)Cc2cc(C)cc(c2O)C1. The lowest BCUT2D eigenvalue weighted by Gasteiger charge is -2.31. The summed E-state index contributed by atoms with van der Waals surface area (Å²) in [6, 6.07) is 22.5. The van der Waals surface area contributed by atoms with E-state index in [0.29, 0.717) is 57.3 Å². The van der Waals surface area contributed by atoms with E-state index in [0.717, 1.165) is 38.7 Å². The van der Waals surface area contributed by atoms with Crippen molar-refractivity contribution in [2.45, 2.75) is 72.5 Å². The lowest BCUT2D eigenvalue weighted by atomic mass is 9.90. The van der Waals surface area contributed by atoms with Gasteiger partial charge in [-0.25, -0.2) is 0 Å². The van der Waals surface area contributed by atoms with Crippen LogP contribution >= 0.6 is 0 Å². The molecule has 8 nitrogen and oxygen atoms in total. The normalized spacial score (nSPS) is 14.1. The third-order valence-corrected chi connectivity index (χ3v) is 10.5. The van der Waals surface area contributed by atoms with E-state index in [4.69, 9.17) is 4.74 Å². The van der Waals surface area contributed by atoms with Crippen LogP contribution in [0.3, 0.4) is 0 Å². The molecule has 6 aromatic rings. The first kappa shape index (κ1) is 35.7. The van der Waals surface area contributed by atoms with Gasteiger partial charge in [0, 0.05) is 67.0 Å². The predicted molar refractivity (Wildman–Crippen MR) is 207 cm³/mol. The molecule has 0 aliphatic carbocycles. The quantitative estimate of drug-likeness (QED) is 0.117. The number of aromatic hydroxyl groups is 4. The topological polar surface area (TPSA) is 126 Å². The minimum atomic E-state index is -0.789. The molecule has 8 bridgehead atoms. The van der Waals surface area contributed by atoms with E-state index in [1.165, 1.54) is 7.11 Å². The van der Waals surface area contributed by atoms with E-state index in [9.17, 15) is 25.2 Å². The van der Waals surface area contributed by atoms with Crippen molar-refractivity contribution in [3.05, 3.63) is 151 Å². The minimum Gasteiger partial charge on any atom is -0.507 e. The number of hydrogen-bond acceptors (Lipinski definition) is 7. The Balaban J connectivity index is 1.43. The Morgan fingerprint density at radius 1 is 0.642 bits per heavy atom. The third kappa shape index (κ3) is 7.19. The molecule has 1 atom stereocenters. The van der Waals surface area contributed by atoms with Crippen LogP contribution in [0.1, 0.15) is 72.3 Å². The molecule has 2 heterocycles. The standard InChI is InChI=1S/C45H46N2O6/c1-25-10-29-18-30-11-26(2)13-32(42(30)49)20-34-15-28(4)17-37(44(34)51)24-47(23-36-16-27(3)14-33(43(36)50)19-31(12-25)41(29)48)40(45(52)53-5)21-35-22-46-39-9-7-6-8-38(35)39/h6-17,22,40,46,48-51H,18-21,23-24H2,1-5H3/t40-/m0/s1. The number of para-hydroxylation sites is 1. The number of aromatic nitrogens is 1. The second-order valence-corrected chi connectivity index (χ2v) is 14.8. The molecule has 0 spiro atoms. The highest BCUT2D eigenvalue weighted by Gasteiger charge is 2.31. The average molecular weight is 711 g/mol. The molecule has 0 radical (unpaired) electrons. The fraction of sp³-hybridized carbons (Fsp3) is 0.267. The average Bonchev–Trinajstić information content (AvgIpc) is 3.53. The van der Waals surface area contributed by atoms with Crippen molar-refractivity contribution in [3.8, 4) is 23.0 Å². The maximum Gasteiger partial charge on any atom is 0.323 e. The van der Waals surface area contributed by atoms with Gasteiger partial charge in [0.05, 0.1) is 7.11 Å². The molecule has 0 saturated carbocycles. The number of rotatable bonds is 4. The van der Waals surface area contributed by atoms with Crippen molar-refractivity contribution < 1.29 is 30.0 Å². The van der Waals surface area contributed by atoms with E-state index in [2.05, 4.69) is 4.98 Å². The first-order valence-corrected chi connectivity index (χ1v) is 18.0. The third-order valence-electron chi connectivity index (χ3n) is 10.5. The molecule has 7 rings (SSSR count). The highest BCUT2D eigenvalue weighted by molar-refractivity contribution is 5.84. The number of ether oxygens (including phenoxy) is 1. The zero-order valence-corrected chi connectivity index (χ0v) is 30.9. The molecular formula is C45H46N2O6. The maximum absolute atomic E-state index is 13.8.